The van der Waals surface area contributed by atoms with Crippen LogP contribution in [-0.4, -0.2) is 34.9 Å². The zero-order valence-electron chi connectivity index (χ0n) is 27.1. The van der Waals surface area contributed by atoms with Crippen LogP contribution in [0.25, 0.3) is 22.5 Å². The van der Waals surface area contributed by atoms with Gasteiger partial charge in [-0.15, -0.1) is 0 Å². The van der Waals surface area contributed by atoms with Crippen molar-refractivity contribution < 1.29 is 19.0 Å². The molecule has 5 aromatic rings. The maximum Gasteiger partial charge on any atom is 0.338 e. The van der Waals surface area contributed by atoms with Crippen LogP contribution in [0.3, 0.4) is 0 Å². The number of rotatable bonds is 8. The molecule has 8 nitrogen and oxygen atoms in total. The van der Waals surface area contributed by atoms with Gasteiger partial charge in [0, 0.05) is 16.8 Å². The molecule has 0 bridgehead atoms. The van der Waals surface area contributed by atoms with E-state index in [0.29, 0.717) is 37.7 Å². The van der Waals surface area contributed by atoms with Crippen molar-refractivity contribution in [3.05, 3.63) is 120 Å². The van der Waals surface area contributed by atoms with Crippen LogP contribution in [0.4, 0.5) is 0 Å². The van der Waals surface area contributed by atoms with Gasteiger partial charge in [-0.05, 0) is 88.4 Å². The second kappa shape index (κ2) is 12.5. The number of ether oxygens (including phenoxy) is 3. The van der Waals surface area contributed by atoms with Gasteiger partial charge in [0.05, 0.1) is 47.4 Å². The van der Waals surface area contributed by atoms with E-state index in [9.17, 15) is 9.59 Å². The molecule has 2 aromatic heterocycles. The predicted octanol–water partition coefficient (Wildman–Crippen LogP) is 6.15. The first-order chi connectivity index (χ1) is 22.1. The molecule has 0 aliphatic carbocycles. The topological polar surface area (TPSA) is 84.1 Å². The van der Waals surface area contributed by atoms with Crippen molar-refractivity contribution in [1.29, 1.82) is 0 Å². The lowest BCUT2D eigenvalue weighted by molar-refractivity contribution is -0.139. The van der Waals surface area contributed by atoms with Crippen molar-refractivity contribution in [3.63, 3.8) is 0 Å². The molecule has 1 aliphatic rings. The summed E-state index contributed by atoms with van der Waals surface area (Å²) in [6.07, 6.45) is 1.87. The van der Waals surface area contributed by atoms with E-state index in [2.05, 4.69) is 54.8 Å². The molecule has 46 heavy (non-hydrogen) atoms. The highest BCUT2D eigenvalue weighted by Crippen LogP contribution is 2.36. The van der Waals surface area contributed by atoms with Crippen LogP contribution in [0.1, 0.15) is 56.3 Å². The number of aryl methyl sites for hydroxylation is 1. The summed E-state index contributed by atoms with van der Waals surface area (Å²) in [7, 11) is 1.57. The minimum Gasteiger partial charge on any atom is -0.493 e. The van der Waals surface area contributed by atoms with E-state index in [-0.39, 0.29) is 18.3 Å². The summed E-state index contributed by atoms with van der Waals surface area (Å²) in [5.41, 5.74) is 5.37. The van der Waals surface area contributed by atoms with Gasteiger partial charge in [0.2, 0.25) is 0 Å². The molecule has 0 fully saturated rings. The van der Waals surface area contributed by atoms with Crippen LogP contribution in [0.2, 0.25) is 0 Å². The number of fused-ring (bicyclic) bond motifs is 2. The Labute approximate surface area is 271 Å². The molecule has 3 heterocycles. The smallest absolute Gasteiger partial charge is 0.338 e. The van der Waals surface area contributed by atoms with Gasteiger partial charge in [-0.3, -0.25) is 9.36 Å². The van der Waals surface area contributed by atoms with E-state index in [0.717, 1.165) is 33.4 Å². The average Bonchev–Trinajstić information content (AvgIpc) is 3.49. The molecule has 0 saturated heterocycles. The highest BCUT2D eigenvalue weighted by Gasteiger charge is 2.34. The zero-order chi connectivity index (χ0) is 32.7. The fourth-order valence-corrected chi connectivity index (χ4v) is 7.20. The molecular formula is C37H37N3O5S. The molecule has 1 aliphatic heterocycles. The maximum absolute atomic E-state index is 14.3. The Balaban J connectivity index is 1.52. The predicted molar refractivity (Wildman–Crippen MR) is 182 cm³/mol. The Morgan fingerprint density at radius 2 is 1.78 bits per heavy atom. The standard InChI is InChI=1S/C37H37N3O5S/c1-8-44-36(42)33-23(5)38-37-40(34(33)26-16-17-30(45-21(2)3)31(19-26)43-7)35(41)32(46-37)20-27-18-22(4)39(24(27)6)29-15-11-13-25-12-9-10-14-28(25)29/h9-21,34H,8H2,1-7H3/b32-20-/t34-/m1/s1. The van der Waals surface area contributed by atoms with Crippen molar-refractivity contribution >= 4 is 34.2 Å². The number of aromatic nitrogens is 2. The molecule has 236 valence electrons. The number of methoxy groups -OCH3 is 1. The molecule has 0 N–H and O–H groups in total. The SMILES string of the molecule is CCOC(=O)C1=C(C)N=c2s/c(=C\c3cc(C)n(-c4cccc5ccccc45)c3C)c(=O)n2[C@@H]1c1ccc(OC(C)C)c(OC)c1. The molecule has 1 atom stereocenters. The van der Waals surface area contributed by atoms with Crippen molar-refractivity contribution in [2.75, 3.05) is 13.7 Å². The lowest BCUT2D eigenvalue weighted by Gasteiger charge is -2.25. The summed E-state index contributed by atoms with van der Waals surface area (Å²) in [5.74, 6) is 0.573. The van der Waals surface area contributed by atoms with Crippen LogP contribution in [-0.2, 0) is 9.53 Å². The van der Waals surface area contributed by atoms with E-state index < -0.39 is 12.0 Å². The quantitative estimate of drug-likeness (QED) is 0.191. The second-order valence-corrected chi connectivity index (χ2v) is 12.5. The second-order valence-electron chi connectivity index (χ2n) is 11.5. The van der Waals surface area contributed by atoms with Gasteiger partial charge in [-0.25, -0.2) is 9.79 Å². The van der Waals surface area contributed by atoms with Gasteiger partial charge in [0.1, 0.15) is 0 Å². The van der Waals surface area contributed by atoms with Gasteiger partial charge < -0.3 is 18.8 Å². The highest BCUT2D eigenvalue weighted by atomic mass is 32.1. The van der Waals surface area contributed by atoms with E-state index in [1.807, 2.05) is 50.3 Å². The maximum atomic E-state index is 14.3. The lowest BCUT2D eigenvalue weighted by atomic mass is 9.95. The van der Waals surface area contributed by atoms with Crippen molar-refractivity contribution in [1.82, 2.24) is 9.13 Å². The number of carbonyl (C=O) groups excluding carboxylic acids is 1. The average molecular weight is 636 g/mol. The Bertz CT molecular complexity index is 2200. The number of benzene rings is 3. The Kier molecular flexibility index (Phi) is 8.44. The van der Waals surface area contributed by atoms with Crippen molar-refractivity contribution in [2.45, 2.75) is 53.7 Å². The Morgan fingerprint density at radius 1 is 1.02 bits per heavy atom. The van der Waals surface area contributed by atoms with E-state index >= 15 is 0 Å². The molecule has 0 unspecified atom stereocenters. The zero-order valence-corrected chi connectivity index (χ0v) is 27.9. The number of esters is 1. The fraction of sp³-hybridized carbons (Fsp3) is 0.270. The van der Waals surface area contributed by atoms with E-state index in [1.54, 1.807) is 25.5 Å². The van der Waals surface area contributed by atoms with E-state index in [1.165, 1.54) is 11.3 Å². The highest BCUT2D eigenvalue weighted by molar-refractivity contribution is 7.07. The molecule has 3 aromatic carbocycles. The molecule has 0 spiro atoms. The Hall–Kier alpha value is -4.89. The van der Waals surface area contributed by atoms with Crippen LogP contribution in [0.5, 0.6) is 11.5 Å². The van der Waals surface area contributed by atoms with Crippen LogP contribution in [0, 0.1) is 13.8 Å². The summed E-state index contributed by atoms with van der Waals surface area (Å²) in [5, 5.41) is 2.32. The van der Waals surface area contributed by atoms with Gasteiger partial charge >= 0.3 is 5.97 Å². The largest absolute Gasteiger partial charge is 0.493 e. The number of nitrogens with zero attached hydrogens (tertiary/aromatic N) is 3. The van der Waals surface area contributed by atoms with Crippen LogP contribution < -0.4 is 24.4 Å². The third kappa shape index (κ3) is 5.45. The lowest BCUT2D eigenvalue weighted by Crippen LogP contribution is -2.40. The minimum atomic E-state index is -0.762. The third-order valence-electron chi connectivity index (χ3n) is 8.15. The van der Waals surface area contributed by atoms with Gasteiger partial charge in [0.15, 0.2) is 16.3 Å². The number of hydrogen-bond acceptors (Lipinski definition) is 7. The first kappa shape index (κ1) is 31.1. The van der Waals surface area contributed by atoms with E-state index in [4.69, 9.17) is 19.2 Å². The van der Waals surface area contributed by atoms with Crippen LogP contribution >= 0.6 is 11.3 Å². The third-order valence-corrected chi connectivity index (χ3v) is 9.13. The molecule has 0 amide bonds. The molecule has 0 saturated carbocycles. The number of carbonyl (C=O) groups is 1. The summed E-state index contributed by atoms with van der Waals surface area (Å²) in [6, 6.07) is 21.4. The molecule has 6 rings (SSSR count). The minimum absolute atomic E-state index is 0.0581. The first-order valence-corrected chi connectivity index (χ1v) is 16.2. The molecular weight excluding hydrogens is 598 g/mol. The summed E-state index contributed by atoms with van der Waals surface area (Å²) >= 11 is 1.31. The molecule has 9 heteroatoms. The van der Waals surface area contributed by atoms with Crippen molar-refractivity contribution in [3.8, 4) is 17.2 Å². The molecule has 0 radical (unpaired) electrons. The Morgan fingerprint density at radius 3 is 2.52 bits per heavy atom. The van der Waals surface area contributed by atoms with Crippen LogP contribution in [0.15, 0.2) is 87.8 Å². The number of allylic oxidation sites excluding steroid dienone is 1. The van der Waals surface area contributed by atoms with Gasteiger partial charge in [0.25, 0.3) is 5.56 Å². The normalized spacial score (nSPS) is 14.9. The monoisotopic (exact) mass is 635 g/mol. The first-order valence-electron chi connectivity index (χ1n) is 15.3. The van der Waals surface area contributed by atoms with Gasteiger partial charge in [-0.2, -0.15) is 0 Å². The van der Waals surface area contributed by atoms with Crippen molar-refractivity contribution in [2.24, 2.45) is 4.99 Å². The fourth-order valence-electron chi connectivity index (χ4n) is 6.16. The summed E-state index contributed by atoms with van der Waals surface area (Å²) in [4.78, 5) is 32.9. The number of thiazole rings is 1. The summed E-state index contributed by atoms with van der Waals surface area (Å²) < 4.78 is 21.4. The summed E-state index contributed by atoms with van der Waals surface area (Å²) in [6.45, 7) is 11.8. The van der Waals surface area contributed by atoms with Gasteiger partial charge in [-0.1, -0.05) is 53.8 Å². The number of hydrogen-bond donors (Lipinski definition) is 0.